The van der Waals surface area contributed by atoms with E-state index in [2.05, 4.69) is 5.32 Å². The van der Waals surface area contributed by atoms with E-state index in [1.165, 1.54) is 57.2 Å². The van der Waals surface area contributed by atoms with E-state index >= 15 is 0 Å². The molecule has 134 valence electrons. The molecule has 1 aromatic rings. The molecule has 0 aliphatic rings. The molecule has 0 spiro atoms. The second-order valence-corrected chi connectivity index (χ2v) is 7.40. The number of hydrogen-bond donors (Lipinski definition) is 1. The molecule has 9 heteroatoms. The van der Waals surface area contributed by atoms with Gasteiger partial charge in [-0.3, -0.25) is 9.59 Å². The third kappa shape index (κ3) is 4.51. The quantitative estimate of drug-likeness (QED) is 0.767. The molecule has 1 atom stereocenters. The van der Waals surface area contributed by atoms with Crippen molar-refractivity contribution in [2.45, 2.75) is 17.9 Å². The highest BCUT2D eigenvalue weighted by Crippen LogP contribution is 2.18. The molecule has 0 aliphatic heterocycles. The molecule has 0 unspecified atom stereocenters. The Labute approximate surface area is 141 Å². The largest absolute Gasteiger partial charge is 0.349 e. The third-order valence-electron chi connectivity index (χ3n) is 3.50. The van der Waals surface area contributed by atoms with Crippen molar-refractivity contribution in [1.82, 2.24) is 14.5 Å². The highest BCUT2D eigenvalue weighted by Gasteiger charge is 2.30. The maximum Gasteiger partial charge on any atom is 0.251 e. The van der Waals surface area contributed by atoms with Crippen molar-refractivity contribution in [1.29, 1.82) is 0 Å². The Morgan fingerprint density at radius 2 is 1.88 bits per heavy atom. The van der Waals surface area contributed by atoms with Crippen molar-refractivity contribution in [2.75, 3.05) is 34.4 Å². The van der Waals surface area contributed by atoms with Gasteiger partial charge in [-0.05, 0) is 25.1 Å². The molecule has 1 rings (SSSR count). The number of benzene rings is 1. The topological polar surface area (TPSA) is 86.8 Å². The smallest absolute Gasteiger partial charge is 0.251 e. The van der Waals surface area contributed by atoms with Crippen LogP contribution in [0.5, 0.6) is 0 Å². The van der Waals surface area contributed by atoms with Crippen LogP contribution in [0.25, 0.3) is 0 Å². The molecule has 0 heterocycles. The van der Waals surface area contributed by atoms with Crippen LogP contribution in [0.1, 0.15) is 17.3 Å². The number of nitrogens with one attached hydrogen (secondary N) is 1. The third-order valence-corrected chi connectivity index (χ3v) is 5.42. The summed E-state index contributed by atoms with van der Waals surface area (Å²) in [6, 6.07) is 4.50. The predicted octanol–water partition coefficient (Wildman–Crippen LogP) is 0.483. The summed E-state index contributed by atoms with van der Waals surface area (Å²) in [7, 11) is 0.415. The van der Waals surface area contributed by atoms with Gasteiger partial charge in [-0.1, -0.05) is 6.07 Å². The van der Waals surface area contributed by atoms with E-state index in [-0.39, 0.29) is 22.9 Å². The van der Waals surface area contributed by atoms with Crippen molar-refractivity contribution in [3.8, 4) is 0 Å². The zero-order valence-electron chi connectivity index (χ0n) is 14.1. The van der Waals surface area contributed by atoms with Crippen molar-refractivity contribution < 1.29 is 22.4 Å². The first-order chi connectivity index (χ1) is 11.1. The summed E-state index contributed by atoms with van der Waals surface area (Å²) >= 11 is 0. The monoisotopic (exact) mass is 359 g/mol. The lowest BCUT2D eigenvalue weighted by molar-refractivity contribution is -0.131. The van der Waals surface area contributed by atoms with Crippen LogP contribution in [0.2, 0.25) is 0 Å². The molecule has 0 aromatic heterocycles. The standard InChI is InChI=1S/C15H22FN3O4S/c1-11(15(21)18(2)3)19(4)24(22,23)13-7-5-6-12(10-13)14(20)17-9-8-16/h5-7,10-11H,8-9H2,1-4H3,(H,17,20)/t11-/m0/s1. The van der Waals surface area contributed by atoms with Crippen LogP contribution in [0, 0.1) is 0 Å². The van der Waals surface area contributed by atoms with E-state index in [1.807, 2.05) is 0 Å². The van der Waals surface area contributed by atoms with Gasteiger partial charge in [0.25, 0.3) is 5.91 Å². The zero-order valence-corrected chi connectivity index (χ0v) is 14.9. The minimum Gasteiger partial charge on any atom is -0.349 e. The Kier molecular flexibility index (Phi) is 6.85. The van der Waals surface area contributed by atoms with Crippen LogP contribution in [0.4, 0.5) is 4.39 Å². The van der Waals surface area contributed by atoms with E-state index in [0.717, 1.165) is 4.31 Å². The summed E-state index contributed by atoms with van der Waals surface area (Å²) < 4.78 is 38.4. The minimum atomic E-state index is -3.96. The average molecular weight is 359 g/mol. The van der Waals surface area contributed by atoms with Crippen LogP contribution in [-0.2, 0) is 14.8 Å². The Morgan fingerprint density at radius 3 is 2.42 bits per heavy atom. The number of alkyl halides is 1. The Morgan fingerprint density at radius 1 is 1.25 bits per heavy atom. The Hall–Kier alpha value is -2.00. The number of sulfonamides is 1. The number of carbonyl (C=O) groups excluding carboxylic acids is 2. The fourth-order valence-corrected chi connectivity index (χ4v) is 3.33. The molecule has 0 aliphatic carbocycles. The summed E-state index contributed by atoms with van der Waals surface area (Å²) in [5, 5.41) is 2.33. The normalized spacial score (nSPS) is 12.8. The Bertz CT molecular complexity index is 706. The number of rotatable bonds is 7. The van der Waals surface area contributed by atoms with Crippen molar-refractivity contribution >= 4 is 21.8 Å². The van der Waals surface area contributed by atoms with Gasteiger partial charge >= 0.3 is 0 Å². The van der Waals surface area contributed by atoms with Gasteiger partial charge in [-0.15, -0.1) is 0 Å². The number of halogens is 1. The molecule has 0 radical (unpaired) electrons. The van der Waals surface area contributed by atoms with Crippen LogP contribution in [0.15, 0.2) is 29.2 Å². The molecule has 0 fully saturated rings. The molecule has 1 aromatic carbocycles. The second kappa shape index (κ2) is 8.20. The molecular formula is C15H22FN3O4S. The van der Waals surface area contributed by atoms with Gasteiger partial charge in [-0.25, -0.2) is 12.8 Å². The molecule has 2 amide bonds. The van der Waals surface area contributed by atoms with Gasteiger partial charge in [0, 0.05) is 33.3 Å². The molecule has 0 bridgehead atoms. The summed E-state index contributed by atoms with van der Waals surface area (Å²) in [5.74, 6) is -0.928. The number of likely N-dealkylation sites (N-methyl/N-ethyl adjacent to an activating group) is 2. The maximum atomic E-state index is 12.7. The van der Waals surface area contributed by atoms with Gasteiger partial charge in [-0.2, -0.15) is 4.31 Å². The second-order valence-electron chi connectivity index (χ2n) is 5.40. The van der Waals surface area contributed by atoms with E-state index in [4.69, 9.17) is 0 Å². The van der Waals surface area contributed by atoms with Gasteiger partial charge < -0.3 is 10.2 Å². The van der Waals surface area contributed by atoms with Crippen molar-refractivity contribution in [3.05, 3.63) is 29.8 Å². The summed E-state index contributed by atoms with van der Waals surface area (Å²) in [6.45, 7) is 0.623. The molecule has 0 saturated heterocycles. The SMILES string of the molecule is C[C@@H](C(=O)N(C)C)N(C)S(=O)(=O)c1cccc(C(=O)NCCF)c1. The van der Waals surface area contributed by atoms with Crippen LogP contribution in [-0.4, -0.2) is 69.8 Å². The first-order valence-corrected chi connectivity index (χ1v) is 8.70. The lowest BCUT2D eigenvalue weighted by Gasteiger charge is -2.26. The van der Waals surface area contributed by atoms with Crippen LogP contribution >= 0.6 is 0 Å². The minimum absolute atomic E-state index is 0.101. The Balaban J connectivity index is 3.11. The lowest BCUT2D eigenvalue weighted by atomic mass is 10.2. The van der Waals surface area contributed by atoms with E-state index in [0.29, 0.717) is 0 Å². The fraction of sp³-hybridized carbons (Fsp3) is 0.467. The van der Waals surface area contributed by atoms with Crippen molar-refractivity contribution in [3.63, 3.8) is 0 Å². The van der Waals surface area contributed by atoms with Gasteiger partial charge in [0.05, 0.1) is 4.90 Å². The molecule has 7 nitrogen and oxygen atoms in total. The predicted molar refractivity (Wildman–Crippen MR) is 87.9 cm³/mol. The van der Waals surface area contributed by atoms with E-state index in [1.54, 1.807) is 0 Å². The number of carbonyl (C=O) groups is 2. The van der Waals surface area contributed by atoms with Gasteiger partial charge in [0.15, 0.2) is 0 Å². The molecule has 24 heavy (non-hydrogen) atoms. The van der Waals surface area contributed by atoms with Gasteiger partial charge in [0.2, 0.25) is 15.9 Å². The molecule has 1 N–H and O–H groups in total. The van der Waals surface area contributed by atoms with E-state index < -0.39 is 28.6 Å². The summed E-state index contributed by atoms with van der Waals surface area (Å²) in [5.41, 5.74) is 0.101. The highest BCUT2D eigenvalue weighted by atomic mass is 32.2. The number of amides is 2. The number of hydrogen-bond acceptors (Lipinski definition) is 4. The summed E-state index contributed by atoms with van der Waals surface area (Å²) in [6.07, 6.45) is 0. The molecule has 0 saturated carbocycles. The summed E-state index contributed by atoms with van der Waals surface area (Å²) in [4.78, 5) is 25.0. The van der Waals surface area contributed by atoms with Crippen molar-refractivity contribution in [2.24, 2.45) is 0 Å². The zero-order chi connectivity index (χ0) is 18.5. The first-order valence-electron chi connectivity index (χ1n) is 7.26. The van der Waals surface area contributed by atoms with Crippen LogP contribution in [0.3, 0.4) is 0 Å². The van der Waals surface area contributed by atoms with Crippen LogP contribution < -0.4 is 5.32 Å². The average Bonchev–Trinajstić information content (AvgIpc) is 2.57. The highest BCUT2D eigenvalue weighted by molar-refractivity contribution is 7.89. The fourth-order valence-electron chi connectivity index (χ4n) is 1.96. The number of nitrogens with zero attached hydrogens (tertiary/aromatic N) is 2. The van der Waals surface area contributed by atoms with Gasteiger partial charge in [0.1, 0.15) is 12.7 Å². The lowest BCUT2D eigenvalue weighted by Crippen LogP contribution is -2.45. The first kappa shape index (κ1) is 20.0. The maximum absolute atomic E-state index is 12.7. The van der Waals surface area contributed by atoms with E-state index in [9.17, 15) is 22.4 Å². The molecular weight excluding hydrogens is 337 g/mol.